The maximum atomic E-state index is 14.7. The Morgan fingerprint density at radius 3 is 2.41 bits per heavy atom. The highest BCUT2D eigenvalue weighted by Gasteiger charge is 2.52. The molecule has 2 aromatic rings. The standard InChI is InChI=1S/C24H26BFN2O4/c1-23(2)24(3,4)32-25(31-23)20(13-18-11-8-12-19(14-27)21(18)26)15-28-22(29)30-16-17-9-6-5-7-10-17/h5-13H,15-16H2,1-4H3,(H,28,29). The van der Waals surface area contributed by atoms with Crippen LogP contribution in [0.5, 0.6) is 0 Å². The van der Waals surface area contributed by atoms with E-state index in [1.165, 1.54) is 12.1 Å². The number of benzene rings is 2. The third kappa shape index (κ3) is 5.36. The lowest BCUT2D eigenvalue weighted by Gasteiger charge is -2.32. The van der Waals surface area contributed by atoms with E-state index < -0.39 is 30.2 Å². The number of carbonyl (C=O) groups excluding carboxylic acids is 1. The fourth-order valence-electron chi connectivity index (χ4n) is 3.09. The van der Waals surface area contributed by atoms with E-state index in [0.29, 0.717) is 5.47 Å². The maximum Gasteiger partial charge on any atom is 0.492 e. The molecule has 0 spiro atoms. The Morgan fingerprint density at radius 1 is 1.12 bits per heavy atom. The van der Waals surface area contributed by atoms with Crippen LogP contribution in [0.4, 0.5) is 9.18 Å². The first kappa shape index (κ1) is 23.5. The molecule has 1 fully saturated rings. The van der Waals surface area contributed by atoms with Crippen molar-refractivity contribution in [2.45, 2.75) is 45.5 Å². The molecule has 1 aliphatic heterocycles. The predicted molar refractivity (Wildman–Crippen MR) is 120 cm³/mol. The summed E-state index contributed by atoms with van der Waals surface area (Å²) in [5.41, 5.74) is 0.263. The Morgan fingerprint density at radius 2 is 1.78 bits per heavy atom. The van der Waals surface area contributed by atoms with Crippen molar-refractivity contribution in [3.63, 3.8) is 0 Å². The number of rotatable bonds is 6. The summed E-state index contributed by atoms with van der Waals surface area (Å²) < 4.78 is 32.1. The fourth-order valence-corrected chi connectivity index (χ4v) is 3.09. The zero-order chi connectivity index (χ0) is 23.4. The largest absolute Gasteiger partial charge is 0.492 e. The average molecular weight is 436 g/mol. The van der Waals surface area contributed by atoms with Crippen molar-refractivity contribution in [1.82, 2.24) is 5.32 Å². The van der Waals surface area contributed by atoms with Crippen LogP contribution in [0, 0.1) is 17.1 Å². The highest BCUT2D eigenvalue weighted by Crippen LogP contribution is 2.38. The Balaban J connectivity index is 1.79. The first-order chi connectivity index (χ1) is 15.1. The van der Waals surface area contributed by atoms with Gasteiger partial charge in [0, 0.05) is 12.1 Å². The number of nitrogens with one attached hydrogen (secondary N) is 1. The highest BCUT2D eigenvalue weighted by atomic mass is 19.1. The van der Waals surface area contributed by atoms with Crippen LogP contribution in [-0.4, -0.2) is 31.0 Å². The second-order valence-corrected chi connectivity index (χ2v) is 8.54. The average Bonchev–Trinajstić information content (AvgIpc) is 2.98. The zero-order valence-electron chi connectivity index (χ0n) is 18.6. The maximum absolute atomic E-state index is 14.7. The number of amides is 1. The molecule has 0 bridgehead atoms. The van der Waals surface area contributed by atoms with Gasteiger partial charge in [-0.3, -0.25) is 0 Å². The molecule has 0 atom stereocenters. The van der Waals surface area contributed by atoms with Crippen molar-refractivity contribution in [2.75, 3.05) is 6.54 Å². The van der Waals surface area contributed by atoms with Gasteiger partial charge in [0.05, 0.1) is 16.8 Å². The van der Waals surface area contributed by atoms with Crippen LogP contribution in [0.3, 0.4) is 0 Å². The molecule has 2 aromatic carbocycles. The number of carbonyl (C=O) groups is 1. The number of alkyl carbamates (subject to hydrolysis) is 1. The van der Waals surface area contributed by atoms with E-state index in [4.69, 9.17) is 19.3 Å². The minimum absolute atomic E-state index is 0.0146. The summed E-state index contributed by atoms with van der Waals surface area (Å²) in [6, 6.07) is 15.7. The predicted octanol–water partition coefficient (Wildman–Crippen LogP) is 4.64. The van der Waals surface area contributed by atoms with Crippen LogP contribution in [0.1, 0.15) is 44.4 Å². The van der Waals surface area contributed by atoms with E-state index in [1.807, 2.05) is 64.1 Å². The van der Waals surface area contributed by atoms with Gasteiger partial charge in [0.1, 0.15) is 18.5 Å². The van der Waals surface area contributed by atoms with Crippen LogP contribution in [0.2, 0.25) is 0 Å². The molecule has 0 saturated carbocycles. The molecule has 0 aromatic heterocycles. The number of halogens is 1. The van der Waals surface area contributed by atoms with Crippen LogP contribution in [0.25, 0.3) is 6.08 Å². The van der Waals surface area contributed by atoms with Gasteiger partial charge in [-0.05, 0) is 44.8 Å². The molecule has 1 amide bonds. The second-order valence-electron chi connectivity index (χ2n) is 8.54. The van der Waals surface area contributed by atoms with E-state index in [0.717, 1.165) is 5.56 Å². The van der Waals surface area contributed by atoms with Gasteiger partial charge in [-0.1, -0.05) is 48.5 Å². The Kier molecular flexibility index (Phi) is 7.02. The summed E-state index contributed by atoms with van der Waals surface area (Å²) in [5.74, 6) is -0.643. The second kappa shape index (κ2) is 9.55. The minimum Gasteiger partial charge on any atom is -0.445 e. The zero-order valence-corrected chi connectivity index (χ0v) is 18.6. The number of nitrogens with zero attached hydrogens (tertiary/aromatic N) is 1. The summed E-state index contributed by atoms with van der Waals surface area (Å²) in [6.07, 6.45) is 0.915. The van der Waals surface area contributed by atoms with E-state index in [1.54, 1.807) is 12.1 Å². The van der Waals surface area contributed by atoms with Crippen molar-refractivity contribution >= 4 is 19.3 Å². The summed E-state index contributed by atoms with van der Waals surface area (Å²) in [7, 11) is -0.806. The number of hydrogen-bond donors (Lipinski definition) is 1. The Hall–Kier alpha value is -3.15. The Labute approximate surface area is 188 Å². The quantitative estimate of drug-likeness (QED) is 0.668. The van der Waals surface area contributed by atoms with Crippen molar-refractivity contribution in [1.29, 1.82) is 5.26 Å². The highest BCUT2D eigenvalue weighted by molar-refractivity contribution is 6.56. The van der Waals surface area contributed by atoms with Crippen molar-refractivity contribution in [2.24, 2.45) is 0 Å². The van der Waals surface area contributed by atoms with Gasteiger partial charge in [0.25, 0.3) is 0 Å². The lowest BCUT2D eigenvalue weighted by atomic mass is 9.77. The number of nitriles is 1. The lowest BCUT2D eigenvalue weighted by molar-refractivity contribution is 0.00578. The minimum atomic E-state index is -0.806. The molecule has 0 radical (unpaired) electrons. The monoisotopic (exact) mass is 436 g/mol. The molecule has 1 saturated heterocycles. The summed E-state index contributed by atoms with van der Waals surface area (Å²) >= 11 is 0. The smallest absolute Gasteiger partial charge is 0.445 e. The van der Waals surface area contributed by atoms with E-state index >= 15 is 0 Å². The number of hydrogen-bond acceptors (Lipinski definition) is 5. The van der Waals surface area contributed by atoms with Crippen LogP contribution in [0.15, 0.2) is 54.0 Å². The van der Waals surface area contributed by atoms with Gasteiger partial charge in [-0.25, -0.2) is 9.18 Å². The molecule has 0 unspecified atom stereocenters. The van der Waals surface area contributed by atoms with Gasteiger partial charge in [0.15, 0.2) is 0 Å². The third-order valence-corrected chi connectivity index (χ3v) is 5.70. The van der Waals surface area contributed by atoms with E-state index in [-0.39, 0.29) is 24.3 Å². The van der Waals surface area contributed by atoms with Gasteiger partial charge < -0.3 is 19.4 Å². The fraction of sp³-hybridized carbons (Fsp3) is 0.333. The molecule has 8 heteroatoms. The van der Waals surface area contributed by atoms with Crippen LogP contribution in [-0.2, 0) is 20.7 Å². The van der Waals surface area contributed by atoms with Gasteiger partial charge in [-0.2, -0.15) is 5.26 Å². The van der Waals surface area contributed by atoms with Crippen molar-refractivity contribution < 1.29 is 23.2 Å². The first-order valence-corrected chi connectivity index (χ1v) is 10.3. The molecule has 6 nitrogen and oxygen atoms in total. The van der Waals surface area contributed by atoms with E-state index in [2.05, 4.69) is 5.32 Å². The molecule has 1 aliphatic rings. The first-order valence-electron chi connectivity index (χ1n) is 10.3. The van der Waals surface area contributed by atoms with Gasteiger partial charge in [0.2, 0.25) is 0 Å². The molecule has 1 heterocycles. The van der Waals surface area contributed by atoms with Crippen molar-refractivity contribution in [3.8, 4) is 6.07 Å². The number of ether oxygens (including phenoxy) is 1. The molecule has 0 aliphatic carbocycles. The lowest BCUT2D eigenvalue weighted by Crippen LogP contribution is -2.41. The molecule has 166 valence electrons. The van der Waals surface area contributed by atoms with Gasteiger partial charge >= 0.3 is 13.2 Å². The molecule has 1 N–H and O–H groups in total. The molecule has 32 heavy (non-hydrogen) atoms. The summed E-state index contributed by atoms with van der Waals surface area (Å²) in [5, 5.41) is 11.8. The molecular formula is C24H26BFN2O4. The van der Waals surface area contributed by atoms with Crippen molar-refractivity contribution in [3.05, 3.63) is 76.5 Å². The summed E-state index contributed by atoms with van der Waals surface area (Å²) in [4.78, 5) is 12.3. The van der Waals surface area contributed by atoms with Crippen LogP contribution < -0.4 is 5.32 Å². The SMILES string of the molecule is CC1(C)OB(C(=Cc2cccc(C#N)c2F)CNC(=O)OCc2ccccc2)OC1(C)C. The van der Waals surface area contributed by atoms with Gasteiger partial charge in [-0.15, -0.1) is 0 Å². The Bertz CT molecular complexity index is 1030. The molecular weight excluding hydrogens is 410 g/mol. The normalized spacial score (nSPS) is 17.0. The molecule has 3 rings (SSSR count). The van der Waals surface area contributed by atoms with E-state index in [9.17, 15) is 9.18 Å². The summed E-state index contributed by atoms with van der Waals surface area (Å²) in [6.45, 7) is 7.76. The third-order valence-electron chi connectivity index (χ3n) is 5.70. The van der Waals surface area contributed by atoms with Crippen LogP contribution >= 0.6 is 0 Å². The topological polar surface area (TPSA) is 80.6 Å².